The van der Waals surface area contributed by atoms with E-state index in [1.807, 2.05) is 12.2 Å². The molecule has 1 aliphatic carbocycles. The molecule has 36 heavy (non-hydrogen) atoms. The summed E-state index contributed by atoms with van der Waals surface area (Å²) in [6.45, 7) is 0.831. The zero-order chi connectivity index (χ0) is 25.3. The summed E-state index contributed by atoms with van der Waals surface area (Å²) >= 11 is 0. The van der Waals surface area contributed by atoms with Crippen molar-refractivity contribution in [1.82, 2.24) is 10.2 Å². The number of hydrogen-bond donors (Lipinski definition) is 2. The number of benzene rings is 1. The Morgan fingerprint density at radius 3 is 2.72 bits per heavy atom. The van der Waals surface area contributed by atoms with Crippen molar-refractivity contribution >= 4 is 23.4 Å². The number of anilines is 1. The fourth-order valence-electron chi connectivity index (χ4n) is 6.34. The molecule has 2 bridgehead atoms. The van der Waals surface area contributed by atoms with Gasteiger partial charge in [0.05, 0.1) is 25.0 Å². The molecule has 1 aromatic rings. The van der Waals surface area contributed by atoms with Crippen LogP contribution in [0.15, 0.2) is 36.4 Å². The van der Waals surface area contributed by atoms with Crippen LogP contribution in [0.2, 0.25) is 0 Å². The smallest absolute Gasteiger partial charge is 0.246 e. The molecule has 0 aromatic heterocycles. The molecular formula is C27H35N3O6. The van der Waals surface area contributed by atoms with E-state index in [1.54, 1.807) is 43.4 Å². The number of carbonyl (C=O) groups is 3. The number of fused-ring (bicyclic) bond motifs is 1. The molecule has 3 aliphatic heterocycles. The van der Waals surface area contributed by atoms with E-state index in [4.69, 9.17) is 14.2 Å². The van der Waals surface area contributed by atoms with Crippen molar-refractivity contribution < 1.29 is 28.6 Å². The molecular weight excluding hydrogens is 462 g/mol. The monoisotopic (exact) mass is 497 g/mol. The Kier molecular flexibility index (Phi) is 7.03. The highest BCUT2D eigenvalue weighted by Crippen LogP contribution is 2.55. The lowest BCUT2D eigenvalue weighted by Gasteiger charge is -2.34. The summed E-state index contributed by atoms with van der Waals surface area (Å²) < 4.78 is 16.8. The number of ether oxygens (including phenoxy) is 3. The molecule has 5 rings (SSSR count). The minimum absolute atomic E-state index is 0.104. The van der Waals surface area contributed by atoms with Gasteiger partial charge in [-0.25, -0.2) is 0 Å². The highest BCUT2D eigenvalue weighted by atomic mass is 16.5. The summed E-state index contributed by atoms with van der Waals surface area (Å²) in [6.07, 6.45) is 8.95. The van der Waals surface area contributed by atoms with Gasteiger partial charge in [0.25, 0.3) is 0 Å². The zero-order valence-corrected chi connectivity index (χ0v) is 20.9. The van der Waals surface area contributed by atoms with Gasteiger partial charge in [-0.15, -0.1) is 0 Å². The Morgan fingerprint density at radius 1 is 1.17 bits per heavy atom. The molecule has 3 heterocycles. The van der Waals surface area contributed by atoms with Crippen molar-refractivity contribution in [1.29, 1.82) is 0 Å². The van der Waals surface area contributed by atoms with Crippen molar-refractivity contribution in [3.8, 4) is 5.75 Å². The topological polar surface area (TPSA) is 106 Å². The third-order valence-electron chi connectivity index (χ3n) is 7.96. The number of amides is 3. The van der Waals surface area contributed by atoms with Crippen molar-refractivity contribution in [2.45, 2.75) is 62.3 Å². The molecule has 5 atom stereocenters. The predicted octanol–water partition coefficient (Wildman–Crippen LogP) is 2.27. The van der Waals surface area contributed by atoms with Crippen LogP contribution in [-0.4, -0.2) is 73.8 Å². The van der Waals surface area contributed by atoms with E-state index in [1.165, 1.54) is 6.42 Å². The first-order chi connectivity index (χ1) is 17.5. The first-order valence-electron chi connectivity index (χ1n) is 12.9. The Labute approximate surface area is 211 Å². The van der Waals surface area contributed by atoms with Crippen LogP contribution in [0.4, 0.5) is 5.69 Å². The Bertz CT molecular complexity index is 1040. The maximum absolute atomic E-state index is 13.8. The normalized spacial score (nSPS) is 30.9. The summed E-state index contributed by atoms with van der Waals surface area (Å²) in [4.78, 5) is 42.6. The van der Waals surface area contributed by atoms with Crippen molar-refractivity contribution in [2.24, 2.45) is 11.8 Å². The third-order valence-corrected chi connectivity index (χ3v) is 7.96. The van der Waals surface area contributed by atoms with Gasteiger partial charge in [-0.3, -0.25) is 14.4 Å². The summed E-state index contributed by atoms with van der Waals surface area (Å²) in [5, 5.41) is 6.12. The second-order valence-electron chi connectivity index (χ2n) is 10.1. The molecule has 1 aromatic carbocycles. The van der Waals surface area contributed by atoms with Crippen molar-refractivity contribution in [2.75, 3.05) is 32.7 Å². The number of nitrogens with zero attached hydrogens (tertiary/aromatic N) is 1. The van der Waals surface area contributed by atoms with Crippen molar-refractivity contribution in [3.63, 3.8) is 0 Å². The first kappa shape index (κ1) is 24.8. The Balaban J connectivity index is 1.41. The van der Waals surface area contributed by atoms with Gasteiger partial charge >= 0.3 is 0 Å². The molecule has 194 valence electrons. The van der Waals surface area contributed by atoms with Crippen LogP contribution in [0.25, 0.3) is 0 Å². The zero-order valence-electron chi connectivity index (χ0n) is 20.9. The molecule has 1 spiro atoms. The minimum Gasteiger partial charge on any atom is -0.497 e. The van der Waals surface area contributed by atoms with Crippen LogP contribution < -0.4 is 15.4 Å². The van der Waals surface area contributed by atoms with E-state index in [2.05, 4.69) is 10.6 Å². The number of methoxy groups -OCH3 is 2. The van der Waals surface area contributed by atoms with Gasteiger partial charge in [0.15, 0.2) is 0 Å². The summed E-state index contributed by atoms with van der Waals surface area (Å²) in [6, 6.07) is 6.37. The van der Waals surface area contributed by atoms with Crippen LogP contribution in [-0.2, 0) is 23.9 Å². The van der Waals surface area contributed by atoms with E-state index >= 15 is 0 Å². The summed E-state index contributed by atoms with van der Waals surface area (Å²) in [5.74, 6) is -1.59. The highest BCUT2D eigenvalue weighted by molar-refractivity contribution is 6.02. The Hall–Kier alpha value is -2.91. The van der Waals surface area contributed by atoms with E-state index in [-0.39, 0.29) is 23.8 Å². The molecule has 0 radical (unpaired) electrons. The van der Waals surface area contributed by atoms with E-state index in [0.717, 1.165) is 25.7 Å². The summed E-state index contributed by atoms with van der Waals surface area (Å²) in [7, 11) is 3.17. The lowest BCUT2D eigenvalue weighted by Crippen LogP contribution is -2.56. The second kappa shape index (κ2) is 10.2. The summed E-state index contributed by atoms with van der Waals surface area (Å²) in [5.41, 5.74) is -0.571. The quantitative estimate of drug-likeness (QED) is 0.401. The fraction of sp³-hybridized carbons (Fsp3) is 0.593. The minimum atomic E-state index is -1.15. The molecule has 2 saturated heterocycles. The van der Waals surface area contributed by atoms with Gasteiger partial charge in [-0.2, -0.15) is 0 Å². The van der Waals surface area contributed by atoms with Gasteiger partial charge in [-0.05, 0) is 31.4 Å². The van der Waals surface area contributed by atoms with Crippen molar-refractivity contribution in [3.05, 3.63) is 36.4 Å². The SMILES string of the molecule is COCCCN1C(=O)C2C(C(=O)Nc3cccc(OC)c3)C3C=CC2(O3)C1C(=O)NC1CCCCC1. The van der Waals surface area contributed by atoms with Crippen LogP contribution in [0.3, 0.4) is 0 Å². The fourth-order valence-corrected chi connectivity index (χ4v) is 6.34. The van der Waals surface area contributed by atoms with Gasteiger partial charge in [0, 0.05) is 38.1 Å². The van der Waals surface area contributed by atoms with Crippen LogP contribution in [0.1, 0.15) is 38.5 Å². The molecule has 1 saturated carbocycles. The van der Waals surface area contributed by atoms with Crippen LogP contribution in [0.5, 0.6) is 5.75 Å². The molecule has 9 nitrogen and oxygen atoms in total. The van der Waals surface area contributed by atoms with Gasteiger partial charge in [0.1, 0.15) is 17.4 Å². The third kappa shape index (κ3) is 4.28. The number of hydrogen-bond acceptors (Lipinski definition) is 6. The average Bonchev–Trinajstić information content (AvgIpc) is 3.52. The standard InChI is InChI=1S/C27H35N3O6/c1-34-15-7-14-30-23(25(32)28-17-8-4-3-5-9-17)27-13-12-20(36-27)21(22(27)26(30)33)24(31)29-18-10-6-11-19(16-18)35-2/h6,10-13,16-17,20-23H,3-5,7-9,14-15H2,1-2H3,(H,28,32)(H,29,31). The lowest BCUT2D eigenvalue weighted by molar-refractivity contribution is -0.141. The second-order valence-corrected chi connectivity index (χ2v) is 10.1. The molecule has 4 aliphatic rings. The van der Waals surface area contributed by atoms with Gasteiger partial charge in [0.2, 0.25) is 17.7 Å². The number of likely N-dealkylation sites (tertiary alicyclic amines) is 1. The van der Waals surface area contributed by atoms with E-state index in [9.17, 15) is 14.4 Å². The maximum atomic E-state index is 13.8. The lowest BCUT2D eigenvalue weighted by atomic mass is 9.74. The van der Waals surface area contributed by atoms with E-state index < -0.39 is 29.6 Å². The number of nitrogens with one attached hydrogen (secondary N) is 2. The molecule has 9 heteroatoms. The highest BCUT2D eigenvalue weighted by Gasteiger charge is 2.72. The van der Waals surface area contributed by atoms with Gasteiger partial charge < -0.3 is 29.7 Å². The van der Waals surface area contributed by atoms with Crippen LogP contribution in [0, 0.1) is 11.8 Å². The average molecular weight is 498 g/mol. The molecule has 3 amide bonds. The maximum Gasteiger partial charge on any atom is 0.246 e. The molecule has 3 fully saturated rings. The predicted molar refractivity (Wildman–Crippen MR) is 132 cm³/mol. The van der Waals surface area contributed by atoms with Gasteiger partial charge in [-0.1, -0.05) is 37.5 Å². The first-order valence-corrected chi connectivity index (χ1v) is 12.9. The Morgan fingerprint density at radius 2 is 1.97 bits per heavy atom. The van der Waals surface area contributed by atoms with Crippen LogP contribution >= 0.6 is 0 Å². The van der Waals surface area contributed by atoms with E-state index in [0.29, 0.717) is 31.0 Å². The molecule has 5 unspecified atom stereocenters. The number of rotatable bonds is 9. The number of carbonyl (C=O) groups excluding carboxylic acids is 3. The molecule has 2 N–H and O–H groups in total. The largest absolute Gasteiger partial charge is 0.497 e.